The zero-order valence-corrected chi connectivity index (χ0v) is 10.5. The largest absolute Gasteiger partial charge is 0.372 e. The summed E-state index contributed by atoms with van der Waals surface area (Å²) in [6, 6.07) is 10.9. The van der Waals surface area contributed by atoms with E-state index in [0.717, 1.165) is 6.61 Å². The molecular weight excluding hydrogens is 222 g/mol. The maximum Gasteiger partial charge on any atom is 0.0732 e. The molecule has 90 valence electrons. The maximum absolute atomic E-state index is 5.93. The second kappa shape index (κ2) is 6.89. The molecule has 1 N–H and O–H groups in total. The van der Waals surface area contributed by atoms with Crippen molar-refractivity contribution in [3.63, 3.8) is 0 Å². The summed E-state index contributed by atoms with van der Waals surface area (Å²) in [4.78, 5) is 0. The van der Waals surface area contributed by atoms with Gasteiger partial charge in [0.05, 0.1) is 12.7 Å². The lowest BCUT2D eigenvalue weighted by atomic mass is 10.2. The molecule has 0 saturated heterocycles. The van der Waals surface area contributed by atoms with Crippen LogP contribution >= 0.6 is 12.4 Å². The van der Waals surface area contributed by atoms with Crippen LogP contribution in [0.5, 0.6) is 0 Å². The molecular formula is C13H20ClNO. The molecule has 1 saturated carbocycles. The van der Waals surface area contributed by atoms with Crippen LogP contribution in [0, 0.1) is 0 Å². The second-order valence-electron chi connectivity index (χ2n) is 4.16. The van der Waals surface area contributed by atoms with Crippen molar-refractivity contribution in [3.8, 4) is 0 Å². The highest BCUT2D eigenvalue weighted by Crippen LogP contribution is 2.22. The summed E-state index contributed by atoms with van der Waals surface area (Å²) < 4.78 is 5.93. The van der Waals surface area contributed by atoms with Gasteiger partial charge in [0, 0.05) is 6.04 Å². The average molecular weight is 242 g/mol. The van der Waals surface area contributed by atoms with Crippen molar-refractivity contribution >= 4 is 12.4 Å². The molecule has 2 atom stereocenters. The normalized spacial score (nSPS) is 24.1. The molecule has 1 aliphatic rings. The highest BCUT2D eigenvalue weighted by molar-refractivity contribution is 5.85. The Morgan fingerprint density at radius 3 is 2.69 bits per heavy atom. The van der Waals surface area contributed by atoms with E-state index < -0.39 is 0 Å². The Balaban J connectivity index is 0.00000128. The predicted molar refractivity (Wildman–Crippen MR) is 69.0 cm³/mol. The molecule has 2 rings (SSSR count). The molecule has 0 unspecified atom stereocenters. The third-order valence-corrected chi connectivity index (χ3v) is 3.13. The van der Waals surface area contributed by atoms with Crippen molar-refractivity contribution in [2.24, 2.45) is 0 Å². The Labute approximate surface area is 104 Å². The van der Waals surface area contributed by atoms with Crippen molar-refractivity contribution in [3.05, 3.63) is 35.9 Å². The summed E-state index contributed by atoms with van der Waals surface area (Å²) >= 11 is 0. The number of hydrogen-bond donors (Lipinski definition) is 1. The van der Waals surface area contributed by atoms with Gasteiger partial charge in [-0.2, -0.15) is 0 Å². The van der Waals surface area contributed by atoms with Gasteiger partial charge in [0.2, 0.25) is 0 Å². The number of likely N-dealkylation sites (N-methyl/N-ethyl adjacent to an activating group) is 1. The fourth-order valence-corrected chi connectivity index (χ4v) is 2.23. The Morgan fingerprint density at radius 2 is 2.00 bits per heavy atom. The van der Waals surface area contributed by atoms with Crippen LogP contribution in [-0.2, 0) is 11.3 Å². The van der Waals surface area contributed by atoms with Gasteiger partial charge in [-0.1, -0.05) is 30.3 Å². The Bertz CT molecular complexity index is 291. The SMILES string of the molecule is CN[C@@H]1CCC[C@H]1OCc1ccccc1.Cl. The van der Waals surface area contributed by atoms with E-state index >= 15 is 0 Å². The zero-order valence-electron chi connectivity index (χ0n) is 9.69. The molecule has 0 heterocycles. The van der Waals surface area contributed by atoms with E-state index in [1.165, 1.54) is 24.8 Å². The third-order valence-electron chi connectivity index (χ3n) is 3.13. The van der Waals surface area contributed by atoms with Gasteiger partial charge in [0.15, 0.2) is 0 Å². The van der Waals surface area contributed by atoms with Crippen LogP contribution < -0.4 is 5.32 Å². The van der Waals surface area contributed by atoms with Crippen LogP contribution in [0.25, 0.3) is 0 Å². The molecule has 2 nitrogen and oxygen atoms in total. The van der Waals surface area contributed by atoms with E-state index in [9.17, 15) is 0 Å². The summed E-state index contributed by atoms with van der Waals surface area (Å²) in [5, 5.41) is 3.33. The van der Waals surface area contributed by atoms with Gasteiger partial charge in [-0.15, -0.1) is 12.4 Å². The molecule has 0 aliphatic heterocycles. The summed E-state index contributed by atoms with van der Waals surface area (Å²) in [5.74, 6) is 0. The van der Waals surface area contributed by atoms with Crippen molar-refractivity contribution < 1.29 is 4.74 Å². The smallest absolute Gasteiger partial charge is 0.0732 e. The van der Waals surface area contributed by atoms with Crippen molar-refractivity contribution in [2.75, 3.05) is 7.05 Å². The number of benzene rings is 1. The lowest BCUT2D eigenvalue weighted by molar-refractivity contribution is 0.0295. The lowest BCUT2D eigenvalue weighted by Gasteiger charge is -2.19. The average Bonchev–Trinajstić information content (AvgIpc) is 2.75. The monoisotopic (exact) mass is 241 g/mol. The fourth-order valence-electron chi connectivity index (χ4n) is 2.23. The van der Waals surface area contributed by atoms with Gasteiger partial charge in [-0.05, 0) is 31.9 Å². The summed E-state index contributed by atoms with van der Waals surface area (Å²) in [6.07, 6.45) is 4.12. The summed E-state index contributed by atoms with van der Waals surface area (Å²) in [7, 11) is 2.02. The zero-order chi connectivity index (χ0) is 10.5. The van der Waals surface area contributed by atoms with Gasteiger partial charge < -0.3 is 10.1 Å². The van der Waals surface area contributed by atoms with E-state index in [2.05, 4.69) is 29.6 Å². The van der Waals surface area contributed by atoms with Gasteiger partial charge in [-0.3, -0.25) is 0 Å². The molecule has 0 radical (unpaired) electrons. The first-order chi connectivity index (χ1) is 7.40. The fraction of sp³-hybridized carbons (Fsp3) is 0.538. The highest BCUT2D eigenvalue weighted by Gasteiger charge is 2.26. The first kappa shape index (κ1) is 13.5. The van der Waals surface area contributed by atoms with Gasteiger partial charge in [0.1, 0.15) is 0 Å². The van der Waals surface area contributed by atoms with E-state index in [0.29, 0.717) is 12.1 Å². The van der Waals surface area contributed by atoms with Crippen molar-refractivity contribution in [1.82, 2.24) is 5.32 Å². The first-order valence-electron chi connectivity index (χ1n) is 5.73. The summed E-state index contributed by atoms with van der Waals surface area (Å²) in [5.41, 5.74) is 1.26. The molecule has 1 fully saturated rings. The molecule has 1 aromatic carbocycles. The standard InChI is InChI=1S/C13H19NO.ClH/c1-14-12-8-5-9-13(12)15-10-11-6-3-2-4-7-11;/h2-4,6-7,12-14H,5,8-10H2,1H3;1H/t12-,13-;/m1./s1. The number of hydrogen-bond acceptors (Lipinski definition) is 2. The van der Waals surface area contributed by atoms with Gasteiger partial charge in [-0.25, -0.2) is 0 Å². The first-order valence-corrected chi connectivity index (χ1v) is 5.73. The van der Waals surface area contributed by atoms with Crippen LogP contribution in [0.3, 0.4) is 0 Å². The van der Waals surface area contributed by atoms with Gasteiger partial charge in [0.25, 0.3) is 0 Å². The quantitative estimate of drug-likeness (QED) is 0.875. The van der Waals surface area contributed by atoms with E-state index in [1.54, 1.807) is 0 Å². The maximum atomic E-state index is 5.93. The van der Waals surface area contributed by atoms with Crippen molar-refractivity contribution in [1.29, 1.82) is 0 Å². The Morgan fingerprint density at radius 1 is 1.25 bits per heavy atom. The number of halogens is 1. The molecule has 0 bridgehead atoms. The predicted octanol–water partition coefficient (Wildman–Crippen LogP) is 2.77. The molecule has 3 heteroatoms. The van der Waals surface area contributed by atoms with Crippen molar-refractivity contribution in [2.45, 2.75) is 38.0 Å². The summed E-state index contributed by atoms with van der Waals surface area (Å²) in [6.45, 7) is 0.740. The minimum Gasteiger partial charge on any atom is -0.372 e. The van der Waals surface area contributed by atoms with E-state index in [1.807, 2.05) is 13.1 Å². The molecule has 16 heavy (non-hydrogen) atoms. The van der Waals surface area contributed by atoms with Crippen LogP contribution in [-0.4, -0.2) is 19.2 Å². The topological polar surface area (TPSA) is 21.3 Å². The molecule has 0 spiro atoms. The number of rotatable bonds is 4. The van der Waals surface area contributed by atoms with E-state index in [4.69, 9.17) is 4.74 Å². The Hall–Kier alpha value is -0.570. The number of nitrogens with one attached hydrogen (secondary N) is 1. The highest BCUT2D eigenvalue weighted by atomic mass is 35.5. The molecule has 0 amide bonds. The lowest BCUT2D eigenvalue weighted by Crippen LogP contribution is -2.34. The van der Waals surface area contributed by atoms with Crippen LogP contribution in [0.4, 0.5) is 0 Å². The van der Waals surface area contributed by atoms with E-state index in [-0.39, 0.29) is 12.4 Å². The minimum atomic E-state index is 0. The molecule has 1 aromatic rings. The minimum absolute atomic E-state index is 0. The Kier molecular flexibility index (Phi) is 5.81. The van der Waals surface area contributed by atoms with Crippen LogP contribution in [0.15, 0.2) is 30.3 Å². The molecule has 0 aromatic heterocycles. The van der Waals surface area contributed by atoms with Crippen LogP contribution in [0.2, 0.25) is 0 Å². The third kappa shape index (κ3) is 3.48. The second-order valence-corrected chi connectivity index (χ2v) is 4.16. The molecule has 1 aliphatic carbocycles. The van der Waals surface area contributed by atoms with Gasteiger partial charge >= 0.3 is 0 Å². The van der Waals surface area contributed by atoms with Crippen LogP contribution in [0.1, 0.15) is 24.8 Å². The number of ether oxygens (including phenoxy) is 1.